The highest BCUT2D eigenvalue weighted by Gasteiger charge is 2.27. The molecule has 2 aliphatic rings. The summed E-state index contributed by atoms with van der Waals surface area (Å²) in [6.45, 7) is 0.533. The van der Waals surface area contributed by atoms with E-state index in [1.807, 2.05) is 12.1 Å². The molecule has 1 saturated heterocycles. The van der Waals surface area contributed by atoms with Gasteiger partial charge in [-0.15, -0.1) is 0 Å². The molecule has 0 radical (unpaired) electrons. The molecule has 2 fully saturated rings. The number of rotatable bonds is 7. The monoisotopic (exact) mass is 415 g/mol. The number of anilines is 4. The van der Waals surface area contributed by atoms with E-state index >= 15 is 0 Å². The maximum absolute atomic E-state index is 12.9. The second kappa shape index (κ2) is 8.34. The predicted octanol–water partition coefficient (Wildman–Crippen LogP) is 3.14. The smallest absolute Gasteiger partial charge is 0.259 e. The third-order valence-corrected chi connectivity index (χ3v) is 5.12. The minimum absolute atomic E-state index is 0.0792. The molecule has 0 spiro atoms. The van der Waals surface area contributed by atoms with E-state index in [1.165, 1.54) is 18.2 Å². The third kappa shape index (κ3) is 4.33. The second-order valence-electron chi connectivity index (χ2n) is 7.12. The van der Waals surface area contributed by atoms with Crippen LogP contribution in [-0.2, 0) is 14.3 Å². The Balaban J connectivity index is 1.71. The van der Waals surface area contributed by atoms with Gasteiger partial charge in [0.1, 0.15) is 11.6 Å². The third-order valence-electron chi connectivity index (χ3n) is 4.84. The Morgan fingerprint density at radius 3 is 2.93 bits per heavy atom. The van der Waals surface area contributed by atoms with Crippen molar-refractivity contribution in [3.63, 3.8) is 0 Å². The van der Waals surface area contributed by atoms with E-state index in [-0.39, 0.29) is 24.4 Å². The molecule has 1 aliphatic carbocycles. The molecule has 9 heteroatoms. The number of carbonyl (C=O) groups excluding carboxylic acids is 2. The molecule has 1 aliphatic heterocycles. The van der Waals surface area contributed by atoms with Crippen LogP contribution in [0.1, 0.15) is 25.7 Å². The number of benzene rings is 1. The van der Waals surface area contributed by atoms with Crippen LogP contribution in [0.2, 0.25) is 5.02 Å². The van der Waals surface area contributed by atoms with Crippen LogP contribution in [0.5, 0.6) is 0 Å². The standard InChI is InChI=1S/C20H22ClN5O3/c1-29-12-18(28)26(20-22-11-16(21)19(24-20)23-13-7-8-13)15-5-2-4-14(10-15)25-9-3-6-17(25)27/h2,4-5,10-11,13H,3,6-9,12H2,1H3,(H,22,23,24). The molecule has 1 aromatic heterocycles. The van der Waals surface area contributed by atoms with E-state index in [0.29, 0.717) is 35.5 Å². The lowest BCUT2D eigenvalue weighted by Crippen LogP contribution is -2.31. The van der Waals surface area contributed by atoms with Crippen molar-refractivity contribution < 1.29 is 14.3 Å². The van der Waals surface area contributed by atoms with E-state index in [2.05, 4.69) is 15.3 Å². The number of nitrogens with one attached hydrogen (secondary N) is 1. The number of hydrogen-bond acceptors (Lipinski definition) is 6. The number of methoxy groups -OCH3 is 1. The molecular formula is C20H22ClN5O3. The first kappa shape index (κ1) is 19.6. The zero-order valence-corrected chi connectivity index (χ0v) is 16.9. The van der Waals surface area contributed by atoms with Gasteiger partial charge >= 0.3 is 0 Å². The zero-order valence-electron chi connectivity index (χ0n) is 16.1. The molecule has 0 bridgehead atoms. The van der Waals surface area contributed by atoms with Gasteiger partial charge in [-0.1, -0.05) is 17.7 Å². The van der Waals surface area contributed by atoms with Gasteiger partial charge in [-0.25, -0.2) is 9.88 Å². The van der Waals surface area contributed by atoms with E-state index in [0.717, 1.165) is 24.9 Å². The molecule has 0 unspecified atom stereocenters. The molecule has 29 heavy (non-hydrogen) atoms. The van der Waals surface area contributed by atoms with Crippen molar-refractivity contribution in [2.24, 2.45) is 0 Å². The Bertz CT molecular complexity index is 934. The van der Waals surface area contributed by atoms with Crippen LogP contribution in [-0.4, -0.2) is 48.1 Å². The van der Waals surface area contributed by atoms with Gasteiger partial charge in [0, 0.05) is 31.8 Å². The molecule has 0 atom stereocenters. The Kier molecular flexibility index (Phi) is 5.64. The summed E-state index contributed by atoms with van der Waals surface area (Å²) in [5.74, 6) is 0.456. The summed E-state index contributed by atoms with van der Waals surface area (Å²) in [6, 6.07) is 7.59. The van der Waals surface area contributed by atoms with Gasteiger partial charge in [-0.05, 0) is 37.5 Å². The molecule has 4 rings (SSSR count). The van der Waals surface area contributed by atoms with E-state index < -0.39 is 0 Å². The number of amides is 2. The van der Waals surface area contributed by atoms with Gasteiger partial charge in [-0.2, -0.15) is 4.98 Å². The molecule has 1 aromatic carbocycles. The molecule has 1 saturated carbocycles. The van der Waals surface area contributed by atoms with Crippen molar-refractivity contribution in [3.8, 4) is 0 Å². The van der Waals surface area contributed by atoms with Gasteiger partial charge in [0.2, 0.25) is 11.9 Å². The van der Waals surface area contributed by atoms with Crippen LogP contribution < -0.4 is 15.1 Å². The van der Waals surface area contributed by atoms with Crippen LogP contribution in [0.25, 0.3) is 0 Å². The fraction of sp³-hybridized carbons (Fsp3) is 0.400. The lowest BCUT2D eigenvalue weighted by molar-refractivity contribution is -0.121. The number of aromatic nitrogens is 2. The fourth-order valence-electron chi connectivity index (χ4n) is 3.27. The zero-order chi connectivity index (χ0) is 20.4. The van der Waals surface area contributed by atoms with E-state index in [1.54, 1.807) is 17.0 Å². The Morgan fingerprint density at radius 1 is 1.41 bits per heavy atom. The summed E-state index contributed by atoms with van der Waals surface area (Å²) < 4.78 is 5.05. The summed E-state index contributed by atoms with van der Waals surface area (Å²) in [4.78, 5) is 36.9. The first-order valence-electron chi connectivity index (χ1n) is 9.58. The van der Waals surface area contributed by atoms with Crippen LogP contribution in [0.3, 0.4) is 0 Å². The summed E-state index contributed by atoms with van der Waals surface area (Å²) in [6.07, 6.45) is 4.97. The number of nitrogens with zero attached hydrogens (tertiary/aromatic N) is 4. The van der Waals surface area contributed by atoms with Crippen molar-refractivity contribution in [3.05, 3.63) is 35.5 Å². The fourth-order valence-corrected chi connectivity index (χ4v) is 3.41. The van der Waals surface area contributed by atoms with E-state index in [9.17, 15) is 9.59 Å². The van der Waals surface area contributed by atoms with Crippen molar-refractivity contribution in [1.29, 1.82) is 0 Å². The van der Waals surface area contributed by atoms with Crippen LogP contribution in [0.4, 0.5) is 23.1 Å². The maximum atomic E-state index is 12.9. The molecule has 8 nitrogen and oxygen atoms in total. The predicted molar refractivity (Wildman–Crippen MR) is 111 cm³/mol. The molecule has 1 N–H and O–H groups in total. The quantitative estimate of drug-likeness (QED) is 0.747. The first-order chi connectivity index (χ1) is 14.1. The normalized spacial score (nSPS) is 16.2. The lowest BCUT2D eigenvalue weighted by atomic mass is 10.2. The minimum atomic E-state index is -0.322. The molecule has 2 amide bonds. The van der Waals surface area contributed by atoms with Crippen molar-refractivity contribution >= 4 is 46.6 Å². The topological polar surface area (TPSA) is 87.7 Å². The maximum Gasteiger partial charge on any atom is 0.259 e. The highest BCUT2D eigenvalue weighted by molar-refractivity contribution is 6.32. The van der Waals surface area contributed by atoms with Crippen LogP contribution >= 0.6 is 11.6 Å². The summed E-state index contributed by atoms with van der Waals surface area (Å²) in [7, 11) is 1.46. The van der Waals surface area contributed by atoms with Gasteiger partial charge < -0.3 is 15.0 Å². The molecular weight excluding hydrogens is 394 g/mol. The summed E-state index contributed by atoms with van der Waals surface area (Å²) in [5.41, 5.74) is 1.30. The van der Waals surface area contributed by atoms with Crippen LogP contribution in [0.15, 0.2) is 30.5 Å². The highest BCUT2D eigenvalue weighted by atomic mass is 35.5. The average molecular weight is 416 g/mol. The van der Waals surface area contributed by atoms with Crippen molar-refractivity contribution in [1.82, 2.24) is 9.97 Å². The number of ether oxygens (including phenoxy) is 1. The lowest BCUT2D eigenvalue weighted by Gasteiger charge is -2.23. The van der Waals surface area contributed by atoms with Gasteiger partial charge in [0.05, 0.1) is 11.9 Å². The van der Waals surface area contributed by atoms with Crippen molar-refractivity contribution in [2.45, 2.75) is 31.7 Å². The van der Waals surface area contributed by atoms with Gasteiger partial charge in [0.25, 0.3) is 5.91 Å². The highest BCUT2D eigenvalue weighted by Crippen LogP contribution is 2.32. The number of carbonyl (C=O) groups is 2. The van der Waals surface area contributed by atoms with Gasteiger partial charge in [-0.3, -0.25) is 9.59 Å². The largest absolute Gasteiger partial charge is 0.375 e. The Labute approximate surface area is 173 Å². The van der Waals surface area contributed by atoms with E-state index in [4.69, 9.17) is 16.3 Å². The summed E-state index contributed by atoms with van der Waals surface area (Å²) in [5, 5.41) is 3.66. The number of hydrogen-bond donors (Lipinski definition) is 1. The average Bonchev–Trinajstić information content (AvgIpc) is 3.42. The Morgan fingerprint density at radius 2 is 2.24 bits per heavy atom. The SMILES string of the molecule is COCC(=O)N(c1cccc(N2CCCC2=O)c1)c1ncc(Cl)c(NC2CC2)n1. The van der Waals surface area contributed by atoms with Gasteiger partial charge in [0.15, 0.2) is 5.82 Å². The molecule has 152 valence electrons. The number of halogens is 1. The molecule has 2 heterocycles. The first-order valence-corrected chi connectivity index (χ1v) is 9.96. The van der Waals surface area contributed by atoms with Crippen LogP contribution in [0, 0.1) is 0 Å². The second-order valence-corrected chi connectivity index (χ2v) is 7.52. The van der Waals surface area contributed by atoms with Crippen molar-refractivity contribution in [2.75, 3.05) is 35.4 Å². The Hall–Kier alpha value is -2.71. The molecule has 2 aromatic rings. The summed E-state index contributed by atoms with van der Waals surface area (Å²) >= 11 is 6.23. The minimum Gasteiger partial charge on any atom is -0.375 e.